The van der Waals surface area contributed by atoms with Gasteiger partial charge in [-0.25, -0.2) is 4.99 Å². The summed E-state index contributed by atoms with van der Waals surface area (Å²) in [6.07, 6.45) is 0. The van der Waals surface area contributed by atoms with Crippen molar-refractivity contribution < 1.29 is 9.84 Å². The number of ether oxygens (including phenoxy) is 1. The molecule has 1 aromatic rings. The molecule has 2 heterocycles. The highest BCUT2D eigenvalue weighted by Crippen LogP contribution is 2.08. The molecule has 1 aliphatic heterocycles. The molecule has 1 aliphatic rings. The summed E-state index contributed by atoms with van der Waals surface area (Å²) in [7, 11) is 0. The fourth-order valence-corrected chi connectivity index (χ4v) is 3.13. The van der Waals surface area contributed by atoms with Crippen LogP contribution in [0.3, 0.4) is 0 Å². The van der Waals surface area contributed by atoms with Crippen LogP contribution in [0.1, 0.15) is 19.4 Å². The first kappa shape index (κ1) is 21.6. The van der Waals surface area contributed by atoms with Gasteiger partial charge in [0.2, 0.25) is 0 Å². The molecule has 0 amide bonds. The van der Waals surface area contributed by atoms with Gasteiger partial charge in [-0.3, -0.25) is 4.90 Å². The molecule has 1 saturated heterocycles. The van der Waals surface area contributed by atoms with Crippen molar-refractivity contribution in [1.29, 1.82) is 0 Å². The minimum Gasteiger partial charge on any atom is -0.387 e. The van der Waals surface area contributed by atoms with Crippen LogP contribution in [-0.4, -0.2) is 67.5 Å². The Hall–Kier alpha value is -0.420. The van der Waals surface area contributed by atoms with E-state index in [4.69, 9.17) is 4.74 Å². The first-order valence-corrected chi connectivity index (χ1v) is 9.09. The van der Waals surface area contributed by atoms with Crippen LogP contribution < -0.4 is 10.6 Å². The van der Waals surface area contributed by atoms with E-state index in [2.05, 4.69) is 37.4 Å². The maximum atomic E-state index is 10.6. The first-order valence-electron chi connectivity index (χ1n) is 8.15. The van der Waals surface area contributed by atoms with E-state index >= 15 is 0 Å². The quantitative estimate of drug-likeness (QED) is 0.322. The van der Waals surface area contributed by atoms with Gasteiger partial charge in [0.15, 0.2) is 5.96 Å². The Kier molecular flexibility index (Phi) is 10.1. The molecule has 6 nitrogen and oxygen atoms in total. The third-order valence-electron chi connectivity index (χ3n) is 3.65. The zero-order valence-electron chi connectivity index (χ0n) is 14.5. The number of rotatable bonds is 7. The van der Waals surface area contributed by atoms with Crippen LogP contribution in [0.15, 0.2) is 21.8 Å². The van der Waals surface area contributed by atoms with Crippen molar-refractivity contribution in [2.45, 2.75) is 26.0 Å². The number of guanidine groups is 1. The smallest absolute Gasteiger partial charge is 0.191 e. The van der Waals surface area contributed by atoms with Gasteiger partial charge in [0.05, 0.1) is 25.4 Å². The second kappa shape index (κ2) is 11.2. The highest BCUT2D eigenvalue weighted by Gasteiger charge is 2.25. The van der Waals surface area contributed by atoms with Crippen LogP contribution in [0.4, 0.5) is 0 Å². The number of hydrogen-bond donors (Lipinski definition) is 3. The minimum atomic E-state index is -0.810. The molecule has 1 aromatic heterocycles. The molecule has 0 spiro atoms. The molecule has 8 heteroatoms. The van der Waals surface area contributed by atoms with Crippen molar-refractivity contribution in [2.24, 2.45) is 4.99 Å². The number of β-amino-alcohol motifs (C(OH)–C–C–N with tert-alkyl or cyclic N) is 1. The number of thiophene rings is 1. The van der Waals surface area contributed by atoms with Crippen LogP contribution in [-0.2, 0) is 11.3 Å². The van der Waals surface area contributed by atoms with Gasteiger partial charge in [-0.2, -0.15) is 11.3 Å². The summed E-state index contributed by atoms with van der Waals surface area (Å²) in [5.74, 6) is 0.737. The summed E-state index contributed by atoms with van der Waals surface area (Å²) in [5.41, 5.74) is 0.392. The standard InChI is InChI=1S/C16H28N4O2S.HI/c1-3-17-15(18-10-14-4-9-23-11-14)19-12-16(2,21)13-20-5-7-22-8-6-20;/h4,9,11,21H,3,5-8,10,12-13H2,1-2H3,(H2,17,18,19);1H. The molecule has 0 aliphatic carbocycles. The van der Waals surface area contributed by atoms with E-state index in [1.54, 1.807) is 11.3 Å². The monoisotopic (exact) mass is 468 g/mol. The van der Waals surface area contributed by atoms with Gasteiger partial charge in [0, 0.05) is 32.7 Å². The van der Waals surface area contributed by atoms with Gasteiger partial charge >= 0.3 is 0 Å². The highest BCUT2D eigenvalue weighted by atomic mass is 127. The predicted molar refractivity (Wildman–Crippen MR) is 110 cm³/mol. The average Bonchev–Trinajstić information content (AvgIpc) is 3.04. The van der Waals surface area contributed by atoms with Crippen LogP contribution in [0, 0.1) is 0 Å². The maximum absolute atomic E-state index is 10.6. The molecule has 1 fully saturated rings. The van der Waals surface area contributed by atoms with Crippen molar-refractivity contribution in [3.63, 3.8) is 0 Å². The molecule has 0 radical (unpaired) electrons. The van der Waals surface area contributed by atoms with Crippen LogP contribution in [0.5, 0.6) is 0 Å². The molecule has 3 N–H and O–H groups in total. The summed E-state index contributed by atoms with van der Waals surface area (Å²) in [6.45, 7) is 9.66. The zero-order chi connectivity index (χ0) is 16.5. The number of aliphatic imine (C=N–C) groups is 1. The van der Waals surface area contributed by atoms with Gasteiger partial charge < -0.3 is 20.5 Å². The Bertz CT molecular complexity index is 476. The highest BCUT2D eigenvalue weighted by molar-refractivity contribution is 14.0. The Labute approximate surface area is 165 Å². The topological polar surface area (TPSA) is 69.1 Å². The number of nitrogens with one attached hydrogen (secondary N) is 2. The molecule has 138 valence electrons. The van der Waals surface area contributed by atoms with Crippen molar-refractivity contribution in [2.75, 3.05) is 45.9 Å². The molecule has 0 aromatic carbocycles. The van der Waals surface area contributed by atoms with Gasteiger partial charge in [-0.05, 0) is 36.2 Å². The fraction of sp³-hybridized carbons (Fsp3) is 0.688. The number of hydrogen-bond acceptors (Lipinski definition) is 5. The Balaban J connectivity index is 0.00000288. The lowest BCUT2D eigenvalue weighted by atomic mass is 10.1. The van der Waals surface area contributed by atoms with E-state index < -0.39 is 5.60 Å². The number of aliphatic hydroxyl groups is 1. The minimum absolute atomic E-state index is 0. The summed E-state index contributed by atoms with van der Waals surface area (Å²) >= 11 is 1.68. The first-order chi connectivity index (χ1) is 11.1. The number of halogens is 1. The third kappa shape index (κ3) is 8.11. The lowest BCUT2D eigenvalue weighted by molar-refractivity contribution is -0.0201. The van der Waals surface area contributed by atoms with E-state index in [9.17, 15) is 5.11 Å². The van der Waals surface area contributed by atoms with Crippen molar-refractivity contribution in [3.05, 3.63) is 22.4 Å². The molecule has 0 saturated carbocycles. The summed E-state index contributed by atoms with van der Waals surface area (Å²) < 4.78 is 5.34. The molecule has 2 rings (SSSR count). The van der Waals surface area contributed by atoms with Gasteiger partial charge in [-0.15, -0.1) is 24.0 Å². The Morgan fingerprint density at radius 2 is 2.17 bits per heavy atom. The van der Waals surface area contributed by atoms with Crippen LogP contribution in [0.25, 0.3) is 0 Å². The average molecular weight is 468 g/mol. The number of nitrogens with zero attached hydrogens (tertiary/aromatic N) is 2. The molecular weight excluding hydrogens is 439 g/mol. The van der Waals surface area contributed by atoms with Crippen LogP contribution >= 0.6 is 35.3 Å². The van der Waals surface area contributed by atoms with E-state index in [1.165, 1.54) is 5.56 Å². The fourth-order valence-electron chi connectivity index (χ4n) is 2.47. The van der Waals surface area contributed by atoms with E-state index in [-0.39, 0.29) is 24.0 Å². The molecular formula is C16H29IN4O2S. The molecule has 24 heavy (non-hydrogen) atoms. The third-order valence-corrected chi connectivity index (χ3v) is 4.38. The molecule has 0 bridgehead atoms. The van der Waals surface area contributed by atoms with Crippen LogP contribution in [0.2, 0.25) is 0 Å². The molecule has 1 atom stereocenters. The van der Waals surface area contributed by atoms with Crippen molar-refractivity contribution in [1.82, 2.24) is 15.5 Å². The Morgan fingerprint density at radius 1 is 1.42 bits per heavy atom. The summed E-state index contributed by atoms with van der Waals surface area (Å²) in [5, 5.41) is 21.2. The van der Waals surface area contributed by atoms with Gasteiger partial charge in [0.25, 0.3) is 0 Å². The summed E-state index contributed by atoms with van der Waals surface area (Å²) in [4.78, 5) is 6.80. The van der Waals surface area contributed by atoms with E-state index in [0.717, 1.165) is 38.8 Å². The molecule has 1 unspecified atom stereocenters. The normalized spacial score (nSPS) is 18.5. The number of morpholine rings is 1. The zero-order valence-corrected chi connectivity index (χ0v) is 17.6. The summed E-state index contributed by atoms with van der Waals surface area (Å²) in [6, 6.07) is 2.08. The second-order valence-electron chi connectivity index (χ2n) is 6.07. The predicted octanol–water partition coefficient (Wildman–Crippen LogP) is 1.50. The van der Waals surface area contributed by atoms with Gasteiger partial charge in [-0.1, -0.05) is 0 Å². The van der Waals surface area contributed by atoms with Gasteiger partial charge in [0.1, 0.15) is 0 Å². The largest absolute Gasteiger partial charge is 0.387 e. The lowest BCUT2D eigenvalue weighted by Crippen LogP contribution is -2.52. The lowest BCUT2D eigenvalue weighted by Gasteiger charge is -2.34. The van der Waals surface area contributed by atoms with Crippen molar-refractivity contribution in [3.8, 4) is 0 Å². The second-order valence-corrected chi connectivity index (χ2v) is 6.85. The Morgan fingerprint density at radius 3 is 2.79 bits per heavy atom. The SMILES string of the molecule is CCNC(=NCc1ccsc1)NCC(C)(O)CN1CCOCC1.I. The van der Waals surface area contributed by atoms with E-state index in [1.807, 2.05) is 13.8 Å². The van der Waals surface area contributed by atoms with E-state index in [0.29, 0.717) is 19.6 Å². The maximum Gasteiger partial charge on any atom is 0.191 e. The van der Waals surface area contributed by atoms with Crippen molar-refractivity contribution >= 4 is 41.3 Å².